The van der Waals surface area contributed by atoms with Crippen molar-refractivity contribution in [3.8, 4) is 28.3 Å². The Hall–Kier alpha value is -3.38. The molecule has 0 fully saturated rings. The fraction of sp³-hybridized carbons (Fsp3) is 0.125. The molecule has 5 nitrogen and oxygen atoms in total. The van der Waals surface area contributed by atoms with Gasteiger partial charge in [0.05, 0.1) is 0 Å². The number of ether oxygens (including phenoxy) is 1. The maximum Gasteiger partial charge on any atom is 0.247 e. The second-order valence-corrected chi connectivity index (χ2v) is 7.97. The molecule has 2 heterocycles. The average Bonchev–Trinajstić information content (AvgIpc) is 2.93. The highest BCUT2D eigenvalue weighted by Crippen LogP contribution is 2.42. The number of thioether (sulfide) groups is 1. The molecule has 1 aromatic heterocycles. The first kappa shape index (κ1) is 18.6. The van der Waals surface area contributed by atoms with Gasteiger partial charge in [-0.15, -0.1) is 10.2 Å². The topological polar surface area (TPSA) is 59.9 Å². The highest BCUT2D eigenvalue weighted by molar-refractivity contribution is 7.98. The van der Waals surface area contributed by atoms with Crippen LogP contribution in [-0.2, 0) is 5.72 Å². The smallest absolute Gasteiger partial charge is 0.247 e. The predicted octanol–water partition coefficient (Wildman–Crippen LogP) is 5.60. The third-order valence-electron chi connectivity index (χ3n) is 5.22. The van der Waals surface area contributed by atoms with Crippen molar-refractivity contribution in [3.63, 3.8) is 0 Å². The molecular weight excluding hydrogens is 392 g/mol. The summed E-state index contributed by atoms with van der Waals surface area (Å²) in [4.78, 5) is 4.60. The molecule has 0 saturated heterocycles. The van der Waals surface area contributed by atoms with Crippen LogP contribution in [0.3, 0.4) is 0 Å². The molecule has 0 spiro atoms. The first-order valence-corrected chi connectivity index (χ1v) is 10.9. The number of nitrogens with one attached hydrogen (secondary N) is 1. The van der Waals surface area contributed by atoms with Crippen LogP contribution in [0.2, 0.25) is 0 Å². The Morgan fingerprint density at radius 1 is 0.833 bits per heavy atom. The Kier molecular flexibility index (Phi) is 4.64. The van der Waals surface area contributed by atoms with Crippen LogP contribution in [0.25, 0.3) is 22.4 Å². The van der Waals surface area contributed by atoms with Crippen LogP contribution < -0.4 is 10.1 Å². The molecule has 0 bridgehead atoms. The van der Waals surface area contributed by atoms with E-state index in [1.54, 1.807) is 0 Å². The molecule has 0 radical (unpaired) electrons. The van der Waals surface area contributed by atoms with E-state index in [0.29, 0.717) is 16.7 Å². The lowest BCUT2D eigenvalue weighted by Gasteiger charge is -2.31. The number of hydrogen-bond donors (Lipinski definition) is 1. The highest BCUT2D eigenvalue weighted by atomic mass is 32.2. The summed E-state index contributed by atoms with van der Waals surface area (Å²) in [5.74, 6) is 0.474. The Bertz CT molecular complexity index is 1200. The normalized spacial score (nSPS) is 17.1. The SMILES string of the molecule is CSc1nnc2c(n1)O[C@](C)(c1ccc(-c3ccccc3)cc1)Nc1ccccc1-2. The van der Waals surface area contributed by atoms with Gasteiger partial charge in [-0.25, -0.2) is 0 Å². The fourth-order valence-electron chi connectivity index (χ4n) is 3.64. The van der Waals surface area contributed by atoms with Gasteiger partial charge in [0.25, 0.3) is 0 Å². The van der Waals surface area contributed by atoms with Crippen LogP contribution in [0.1, 0.15) is 12.5 Å². The number of nitrogens with zero attached hydrogens (tertiary/aromatic N) is 3. The van der Waals surface area contributed by atoms with Crippen LogP contribution in [0.4, 0.5) is 5.69 Å². The number of aromatic nitrogens is 3. The summed E-state index contributed by atoms with van der Waals surface area (Å²) in [6, 6.07) is 26.7. The molecule has 1 aliphatic heterocycles. The van der Waals surface area contributed by atoms with E-state index in [9.17, 15) is 0 Å². The van der Waals surface area contributed by atoms with Crippen LogP contribution in [0, 0.1) is 0 Å². The molecule has 0 aliphatic carbocycles. The summed E-state index contributed by atoms with van der Waals surface area (Å²) in [6.07, 6.45) is 1.92. The fourth-order valence-corrected chi connectivity index (χ4v) is 3.94. The van der Waals surface area contributed by atoms with E-state index in [0.717, 1.165) is 22.4 Å². The van der Waals surface area contributed by atoms with Gasteiger partial charge < -0.3 is 10.1 Å². The van der Waals surface area contributed by atoms with Gasteiger partial charge in [-0.3, -0.25) is 0 Å². The van der Waals surface area contributed by atoms with Crippen LogP contribution >= 0.6 is 11.8 Å². The van der Waals surface area contributed by atoms with Crippen molar-refractivity contribution >= 4 is 17.4 Å². The van der Waals surface area contributed by atoms with Gasteiger partial charge in [0, 0.05) is 16.8 Å². The number of benzene rings is 3. The van der Waals surface area contributed by atoms with E-state index >= 15 is 0 Å². The van der Waals surface area contributed by atoms with Crippen molar-refractivity contribution in [3.05, 3.63) is 84.4 Å². The van der Waals surface area contributed by atoms with Gasteiger partial charge in [0.2, 0.25) is 16.8 Å². The van der Waals surface area contributed by atoms with Gasteiger partial charge in [0.15, 0.2) is 5.69 Å². The molecule has 1 aliphatic rings. The number of rotatable bonds is 3. The molecule has 0 unspecified atom stereocenters. The van der Waals surface area contributed by atoms with E-state index < -0.39 is 5.72 Å². The average molecular weight is 413 g/mol. The molecule has 4 aromatic rings. The summed E-state index contributed by atoms with van der Waals surface area (Å²) in [6.45, 7) is 2.01. The summed E-state index contributed by atoms with van der Waals surface area (Å²) in [7, 11) is 0. The minimum Gasteiger partial charge on any atom is -0.445 e. The Balaban J connectivity index is 1.60. The molecule has 30 heavy (non-hydrogen) atoms. The predicted molar refractivity (Wildman–Crippen MR) is 121 cm³/mol. The molecule has 3 aromatic carbocycles. The van der Waals surface area contributed by atoms with Gasteiger partial charge in [-0.05, 0) is 30.4 Å². The molecule has 5 rings (SSSR count). The molecule has 0 amide bonds. The molecule has 1 N–H and O–H groups in total. The zero-order valence-corrected chi connectivity index (χ0v) is 17.5. The van der Waals surface area contributed by atoms with Gasteiger partial charge in [-0.1, -0.05) is 84.6 Å². The lowest BCUT2D eigenvalue weighted by Crippen LogP contribution is -2.37. The number of fused-ring (bicyclic) bond motifs is 3. The summed E-state index contributed by atoms with van der Waals surface area (Å²) >= 11 is 1.44. The van der Waals surface area contributed by atoms with E-state index in [2.05, 4.69) is 56.9 Å². The number of hydrogen-bond acceptors (Lipinski definition) is 6. The third kappa shape index (κ3) is 3.29. The molecule has 6 heteroatoms. The Labute approximate surface area is 179 Å². The van der Waals surface area contributed by atoms with Crippen molar-refractivity contribution < 1.29 is 4.74 Å². The standard InChI is InChI=1S/C24H20N4OS/c1-24(18-14-12-17(13-15-18)16-8-4-3-5-9-16)26-20-11-7-6-10-19(20)21-22(29-24)25-23(30-2)28-27-21/h3-15,26H,1-2H3/t24-/m1/s1. The summed E-state index contributed by atoms with van der Waals surface area (Å²) in [5.41, 5.74) is 5.01. The highest BCUT2D eigenvalue weighted by Gasteiger charge is 2.35. The van der Waals surface area contributed by atoms with Crippen LogP contribution in [0.15, 0.2) is 84.0 Å². The van der Waals surface area contributed by atoms with Gasteiger partial charge in [-0.2, -0.15) is 4.98 Å². The number of anilines is 1. The monoisotopic (exact) mass is 412 g/mol. The molecule has 148 valence electrons. The van der Waals surface area contributed by atoms with Gasteiger partial charge >= 0.3 is 0 Å². The first-order chi connectivity index (χ1) is 14.7. The molecule has 0 saturated carbocycles. The summed E-state index contributed by atoms with van der Waals surface area (Å²) in [5, 5.41) is 12.8. The molecule has 1 atom stereocenters. The maximum absolute atomic E-state index is 6.46. The minimum absolute atomic E-state index is 0.474. The van der Waals surface area contributed by atoms with Crippen LogP contribution in [-0.4, -0.2) is 21.4 Å². The lowest BCUT2D eigenvalue weighted by molar-refractivity contribution is 0.112. The zero-order valence-electron chi connectivity index (χ0n) is 16.7. The van der Waals surface area contributed by atoms with Gasteiger partial charge in [0.1, 0.15) is 0 Å². The summed E-state index contributed by atoms with van der Waals surface area (Å²) < 4.78 is 6.46. The maximum atomic E-state index is 6.46. The minimum atomic E-state index is -0.817. The van der Waals surface area contributed by atoms with Crippen LogP contribution in [0.5, 0.6) is 5.88 Å². The van der Waals surface area contributed by atoms with Crippen molar-refractivity contribution in [1.82, 2.24) is 15.2 Å². The zero-order chi connectivity index (χ0) is 20.6. The first-order valence-electron chi connectivity index (χ1n) is 9.67. The van der Waals surface area contributed by atoms with Crippen molar-refractivity contribution in [2.24, 2.45) is 0 Å². The Morgan fingerprint density at radius 2 is 1.53 bits per heavy atom. The lowest BCUT2D eigenvalue weighted by atomic mass is 9.99. The third-order valence-corrected chi connectivity index (χ3v) is 5.76. The van der Waals surface area contributed by atoms with E-state index in [4.69, 9.17) is 4.74 Å². The van der Waals surface area contributed by atoms with Crippen molar-refractivity contribution in [2.45, 2.75) is 17.8 Å². The largest absolute Gasteiger partial charge is 0.445 e. The Morgan fingerprint density at radius 3 is 2.30 bits per heavy atom. The second kappa shape index (κ2) is 7.46. The second-order valence-electron chi connectivity index (χ2n) is 7.20. The quantitative estimate of drug-likeness (QED) is 0.442. The van der Waals surface area contributed by atoms with E-state index in [1.165, 1.54) is 17.3 Å². The van der Waals surface area contributed by atoms with Crippen molar-refractivity contribution in [1.29, 1.82) is 0 Å². The number of para-hydroxylation sites is 1. The van der Waals surface area contributed by atoms with Crippen molar-refractivity contribution in [2.75, 3.05) is 11.6 Å². The van der Waals surface area contributed by atoms with E-state index in [-0.39, 0.29) is 0 Å². The van der Waals surface area contributed by atoms with E-state index in [1.807, 2.05) is 55.6 Å². The molecular formula is C24H20N4OS.